The van der Waals surface area contributed by atoms with Gasteiger partial charge in [-0.25, -0.2) is 9.97 Å². The molecule has 0 spiro atoms. The van der Waals surface area contributed by atoms with E-state index in [-0.39, 0.29) is 0 Å². The number of ketones is 1. The highest BCUT2D eigenvalue weighted by atomic mass is 32.1. The molecular weight excluding hydrogens is 619 g/mol. The summed E-state index contributed by atoms with van der Waals surface area (Å²) in [5, 5.41) is 3.47. The molecule has 0 fully saturated rings. The number of hydrogen-bond donors (Lipinski definition) is 0. The monoisotopic (exact) mass is 685 g/mol. The Kier molecular flexibility index (Phi) is 21.5. The Morgan fingerprint density at radius 2 is 1.04 bits per heavy atom. The van der Waals surface area contributed by atoms with Gasteiger partial charge in [0, 0.05) is 18.1 Å². The maximum Gasteiger partial charge on any atom is 0.301 e. The third kappa shape index (κ3) is 15.7. The number of aromatic nitrogens is 2. The van der Waals surface area contributed by atoms with Gasteiger partial charge in [0.25, 0.3) is 5.78 Å². The van der Waals surface area contributed by atoms with Crippen LogP contribution in [0.15, 0.2) is 11.6 Å². The summed E-state index contributed by atoms with van der Waals surface area (Å²) in [6.07, 6.45) is 39.8. The van der Waals surface area contributed by atoms with E-state index in [0.29, 0.717) is 17.2 Å². The minimum atomic E-state index is -0.400. The number of amides is 1. The maximum absolute atomic E-state index is 12.8. The van der Waals surface area contributed by atoms with Crippen molar-refractivity contribution in [3.05, 3.63) is 16.5 Å². The van der Waals surface area contributed by atoms with Crippen LogP contribution in [0.1, 0.15) is 203 Å². The molecule has 1 aliphatic rings. The highest BCUT2D eigenvalue weighted by Crippen LogP contribution is 2.38. The molecule has 7 heteroatoms. The molecule has 266 valence electrons. The maximum atomic E-state index is 12.8. The molecule has 0 aliphatic carbocycles. The first-order valence-corrected chi connectivity index (χ1v) is 21.6. The van der Waals surface area contributed by atoms with Crippen molar-refractivity contribution in [3.63, 3.8) is 0 Å². The van der Waals surface area contributed by atoms with Crippen LogP contribution in [-0.2, 0) is 4.79 Å². The van der Waals surface area contributed by atoms with Crippen LogP contribution in [0.2, 0.25) is 0 Å². The lowest BCUT2D eigenvalue weighted by atomic mass is 9.90. The molecule has 0 N–H and O–H groups in total. The molecule has 5 nitrogen and oxygen atoms in total. The predicted octanol–water partition coefficient (Wildman–Crippen LogP) is 13.4. The zero-order valence-corrected chi connectivity index (χ0v) is 31.8. The smallest absolute Gasteiger partial charge is 0.288 e. The lowest BCUT2D eigenvalue weighted by molar-refractivity contribution is -0.114. The first kappa shape index (κ1) is 39.8. The third-order valence-electron chi connectivity index (χ3n) is 10.1. The van der Waals surface area contributed by atoms with E-state index in [9.17, 15) is 9.59 Å². The van der Waals surface area contributed by atoms with Crippen molar-refractivity contribution >= 4 is 40.2 Å². The summed E-state index contributed by atoms with van der Waals surface area (Å²) in [6, 6.07) is 0. The third-order valence-corrected chi connectivity index (χ3v) is 12.0. The van der Waals surface area contributed by atoms with Crippen molar-refractivity contribution in [2.45, 2.75) is 194 Å². The molecule has 1 amide bonds. The summed E-state index contributed by atoms with van der Waals surface area (Å²) in [4.78, 5) is 36.7. The molecule has 0 aromatic carbocycles. The van der Waals surface area contributed by atoms with Gasteiger partial charge in [0.05, 0.1) is 0 Å². The van der Waals surface area contributed by atoms with Crippen molar-refractivity contribution < 1.29 is 9.59 Å². The van der Waals surface area contributed by atoms with Crippen LogP contribution < -0.4 is 4.90 Å². The van der Waals surface area contributed by atoms with Crippen molar-refractivity contribution in [2.75, 3.05) is 11.4 Å². The molecule has 3 rings (SSSR count). The number of anilines is 1. The van der Waals surface area contributed by atoms with Crippen molar-refractivity contribution in [1.82, 2.24) is 9.97 Å². The molecule has 47 heavy (non-hydrogen) atoms. The molecule has 0 unspecified atom stereocenters. The van der Waals surface area contributed by atoms with Crippen LogP contribution in [0.4, 0.5) is 5.82 Å². The Bertz CT molecular complexity index is 1060. The Morgan fingerprint density at radius 3 is 1.49 bits per heavy atom. The number of fused-ring (bicyclic) bond motifs is 1. The van der Waals surface area contributed by atoms with Gasteiger partial charge in [-0.1, -0.05) is 181 Å². The molecule has 0 saturated carbocycles. The van der Waals surface area contributed by atoms with E-state index >= 15 is 0 Å². The number of Topliss-reactive ketones (excluding diaryl/α,β-unsaturated/α-hetero) is 1. The minimum absolute atomic E-state index is 0.398. The van der Waals surface area contributed by atoms with Gasteiger partial charge in [-0.05, 0) is 18.8 Å². The summed E-state index contributed by atoms with van der Waals surface area (Å²) in [6.45, 7) is 5.17. The Morgan fingerprint density at radius 1 is 0.596 bits per heavy atom. The highest BCUT2D eigenvalue weighted by molar-refractivity contribution is 7.22. The summed E-state index contributed by atoms with van der Waals surface area (Å²) < 4.78 is 0. The molecule has 0 radical (unpaired) electrons. The lowest BCUT2D eigenvalue weighted by Crippen LogP contribution is -2.31. The van der Waals surface area contributed by atoms with Gasteiger partial charge < -0.3 is 0 Å². The number of hydrogen-bond acceptors (Lipinski definition) is 6. The average molecular weight is 686 g/mol. The normalized spacial score (nSPS) is 13.0. The van der Waals surface area contributed by atoms with E-state index in [1.54, 1.807) is 11.1 Å². The Labute approximate surface area is 296 Å². The van der Waals surface area contributed by atoms with Gasteiger partial charge in [0.2, 0.25) is 0 Å². The molecule has 0 bridgehead atoms. The number of thiazole rings is 2. The zero-order valence-electron chi connectivity index (χ0n) is 30.2. The van der Waals surface area contributed by atoms with Crippen LogP contribution >= 0.6 is 22.7 Å². The fraction of sp³-hybridized carbons (Fsp3) is 0.800. The van der Waals surface area contributed by atoms with E-state index in [1.165, 1.54) is 190 Å². The van der Waals surface area contributed by atoms with Crippen LogP contribution in [0.25, 0.3) is 10.0 Å². The highest BCUT2D eigenvalue weighted by Gasteiger charge is 2.39. The quantitative estimate of drug-likeness (QED) is 0.0585. The Balaban J connectivity index is 1.35. The summed E-state index contributed by atoms with van der Waals surface area (Å²) in [5.74, 6) is 0.483. The van der Waals surface area contributed by atoms with Crippen LogP contribution in [0.3, 0.4) is 0 Å². The average Bonchev–Trinajstić information content (AvgIpc) is 3.81. The van der Waals surface area contributed by atoms with E-state index < -0.39 is 11.7 Å². The van der Waals surface area contributed by atoms with E-state index in [2.05, 4.69) is 18.8 Å². The Hall–Kier alpha value is -1.60. The summed E-state index contributed by atoms with van der Waals surface area (Å²) in [7, 11) is 0. The molecule has 2 aromatic heterocycles. The van der Waals surface area contributed by atoms with Crippen molar-refractivity contribution in [2.24, 2.45) is 5.92 Å². The van der Waals surface area contributed by atoms with Gasteiger partial charge >= 0.3 is 5.91 Å². The first-order chi connectivity index (χ1) is 23.2. The second-order valence-electron chi connectivity index (χ2n) is 14.2. The standard InChI is InChI=1S/C40H67N3O2S2/c1-3-5-7-9-11-13-15-17-19-21-23-25-28-34(29-26-24-22-20-18-16-14-12-10-8-6-4-2)30-27-32-43-37-36(35(44)40(43)45)47-39(42-37)38-41-31-33-46-38/h31,33-34H,3-30,32H2,1-2H3. The van der Waals surface area contributed by atoms with Gasteiger partial charge in [0.15, 0.2) is 15.8 Å². The second kappa shape index (κ2) is 25.4. The van der Waals surface area contributed by atoms with Crippen LogP contribution in [0, 0.1) is 5.92 Å². The number of rotatable bonds is 31. The number of unbranched alkanes of at least 4 members (excludes halogenated alkanes) is 22. The fourth-order valence-electron chi connectivity index (χ4n) is 7.11. The zero-order chi connectivity index (χ0) is 33.4. The summed E-state index contributed by atoms with van der Waals surface area (Å²) in [5.41, 5.74) is 0. The number of carbonyl (C=O) groups is 2. The largest absolute Gasteiger partial charge is 0.301 e. The molecule has 3 heterocycles. The number of nitrogens with zero attached hydrogens (tertiary/aromatic N) is 3. The van der Waals surface area contributed by atoms with Crippen LogP contribution in [-0.4, -0.2) is 28.2 Å². The lowest BCUT2D eigenvalue weighted by Gasteiger charge is -2.19. The number of carbonyl (C=O) groups excluding carboxylic acids is 2. The molecule has 2 aromatic rings. The fourth-order valence-corrected chi connectivity index (χ4v) is 8.79. The molecular formula is C40H67N3O2S2. The molecule has 1 aliphatic heterocycles. The van der Waals surface area contributed by atoms with Crippen LogP contribution in [0.5, 0.6) is 0 Å². The SMILES string of the molecule is CCCCCCCCCCCCCCC(CCCCCCCCCCCCCC)CCCN1C(=O)C(=O)c2sc(-c3nccs3)nc21. The first-order valence-electron chi connectivity index (χ1n) is 19.9. The predicted molar refractivity (Wildman–Crippen MR) is 204 cm³/mol. The van der Waals surface area contributed by atoms with E-state index in [1.807, 2.05) is 5.38 Å². The van der Waals surface area contributed by atoms with Gasteiger partial charge in [0.1, 0.15) is 4.88 Å². The second-order valence-corrected chi connectivity index (χ2v) is 16.1. The topological polar surface area (TPSA) is 63.2 Å². The van der Waals surface area contributed by atoms with Crippen molar-refractivity contribution in [1.29, 1.82) is 0 Å². The van der Waals surface area contributed by atoms with Gasteiger partial charge in [-0.2, -0.15) is 0 Å². The van der Waals surface area contributed by atoms with E-state index in [4.69, 9.17) is 4.98 Å². The van der Waals surface area contributed by atoms with Gasteiger partial charge in [-0.15, -0.1) is 22.7 Å². The summed E-state index contributed by atoms with van der Waals surface area (Å²) >= 11 is 2.83. The minimum Gasteiger partial charge on any atom is -0.288 e. The van der Waals surface area contributed by atoms with Crippen molar-refractivity contribution in [3.8, 4) is 10.0 Å². The van der Waals surface area contributed by atoms with Gasteiger partial charge in [-0.3, -0.25) is 14.5 Å². The molecule has 0 saturated heterocycles. The van der Waals surface area contributed by atoms with E-state index in [0.717, 1.165) is 28.8 Å². The molecule has 0 atom stereocenters.